The van der Waals surface area contributed by atoms with Gasteiger partial charge in [0.1, 0.15) is 6.04 Å². The molecule has 0 bridgehead atoms. The Kier molecular flexibility index (Phi) is 4.12. The van der Waals surface area contributed by atoms with Crippen LogP contribution in [0.25, 0.3) is 0 Å². The van der Waals surface area contributed by atoms with Gasteiger partial charge >= 0.3 is 0 Å². The lowest BCUT2D eigenvalue weighted by atomic mass is 10.1. The van der Waals surface area contributed by atoms with Gasteiger partial charge in [-0.1, -0.05) is 12.1 Å². The van der Waals surface area contributed by atoms with Crippen LogP contribution in [0.2, 0.25) is 0 Å². The van der Waals surface area contributed by atoms with Crippen LogP contribution in [0.3, 0.4) is 0 Å². The third-order valence-electron chi connectivity index (χ3n) is 2.86. The summed E-state index contributed by atoms with van der Waals surface area (Å²) in [5.74, 6) is 0.872. The highest BCUT2D eigenvalue weighted by Gasteiger charge is 2.17. The maximum absolute atomic E-state index is 12.2. The van der Waals surface area contributed by atoms with E-state index in [0.29, 0.717) is 23.7 Å². The van der Waals surface area contributed by atoms with Crippen molar-refractivity contribution in [2.45, 2.75) is 40.2 Å². The van der Waals surface area contributed by atoms with Crippen LogP contribution in [0.4, 0.5) is 0 Å². The number of hydrogen-bond donors (Lipinski definition) is 1. The fourth-order valence-corrected chi connectivity index (χ4v) is 1.89. The maximum atomic E-state index is 12.2. The Hall–Kier alpha value is -2.24. The molecule has 0 aliphatic rings. The first-order valence-corrected chi connectivity index (χ1v) is 6.58. The van der Waals surface area contributed by atoms with Crippen LogP contribution in [0.5, 0.6) is 0 Å². The van der Waals surface area contributed by atoms with Crippen LogP contribution in [0, 0.1) is 13.8 Å². The normalized spacial score (nSPS) is 12.2. The van der Waals surface area contributed by atoms with Gasteiger partial charge < -0.3 is 9.84 Å². The van der Waals surface area contributed by atoms with Gasteiger partial charge in [0.05, 0.1) is 0 Å². The first kappa shape index (κ1) is 14.2. The fourth-order valence-electron chi connectivity index (χ4n) is 1.89. The van der Waals surface area contributed by atoms with Crippen LogP contribution in [-0.4, -0.2) is 21.0 Å². The van der Waals surface area contributed by atoms with E-state index < -0.39 is 0 Å². The molecule has 0 unspecified atom stereocenters. The van der Waals surface area contributed by atoms with E-state index in [4.69, 9.17) is 4.52 Å². The van der Waals surface area contributed by atoms with Crippen molar-refractivity contribution >= 4 is 5.91 Å². The topological polar surface area (TPSA) is 80.9 Å². The Balaban J connectivity index is 2.10. The average Bonchev–Trinajstić information content (AvgIpc) is 2.86. The summed E-state index contributed by atoms with van der Waals surface area (Å²) >= 11 is 0. The van der Waals surface area contributed by atoms with Gasteiger partial charge in [0, 0.05) is 23.4 Å². The molecule has 6 heteroatoms. The van der Waals surface area contributed by atoms with Crippen LogP contribution in [-0.2, 0) is 6.42 Å². The summed E-state index contributed by atoms with van der Waals surface area (Å²) in [5, 5.41) is 6.66. The van der Waals surface area contributed by atoms with Crippen molar-refractivity contribution in [1.82, 2.24) is 20.4 Å². The van der Waals surface area contributed by atoms with Gasteiger partial charge in [-0.25, -0.2) is 0 Å². The highest BCUT2D eigenvalue weighted by atomic mass is 16.5. The maximum Gasteiger partial charge on any atom is 0.252 e. The minimum Gasteiger partial charge on any atom is -0.341 e. The SMILES string of the molecule is CCc1noc([C@H](C)NC(=O)c2cc(C)nc(C)c2)n1. The minimum absolute atomic E-state index is 0.178. The van der Waals surface area contributed by atoms with Gasteiger partial charge in [-0.15, -0.1) is 0 Å². The lowest BCUT2D eigenvalue weighted by Crippen LogP contribution is -2.27. The molecule has 2 aromatic rings. The molecule has 0 aromatic carbocycles. The number of aryl methyl sites for hydroxylation is 3. The van der Waals surface area contributed by atoms with Crippen molar-refractivity contribution in [3.63, 3.8) is 0 Å². The van der Waals surface area contributed by atoms with Gasteiger partial charge in [-0.2, -0.15) is 4.98 Å². The van der Waals surface area contributed by atoms with Gasteiger partial charge in [0.15, 0.2) is 5.82 Å². The molecule has 20 heavy (non-hydrogen) atoms. The number of rotatable bonds is 4. The summed E-state index contributed by atoms with van der Waals surface area (Å²) in [6.07, 6.45) is 0.701. The molecule has 0 saturated heterocycles. The van der Waals surface area contributed by atoms with E-state index in [0.717, 1.165) is 11.4 Å². The molecule has 1 amide bonds. The highest BCUT2D eigenvalue weighted by Crippen LogP contribution is 2.12. The first-order chi connectivity index (χ1) is 9.49. The number of amides is 1. The van der Waals surface area contributed by atoms with E-state index >= 15 is 0 Å². The number of nitrogens with zero attached hydrogens (tertiary/aromatic N) is 3. The molecule has 0 aliphatic heterocycles. The zero-order chi connectivity index (χ0) is 14.7. The average molecular weight is 274 g/mol. The molecule has 1 atom stereocenters. The molecule has 1 N–H and O–H groups in total. The quantitative estimate of drug-likeness (QED) is 0.923. The number of pyridine rings is 1. The van der Waals surface area contributed by atoms with Crippen LogP contribution < -0.4 is 5.32 Å². The van der Waals surface area contributed by atoms with Crippen molar-refractivity contribution in [3.8, 4) is 0 Å². The van der Waals surface area contributed by atoms with E-state index in [9.17, 15) is 4.79 Å². The van der Waals surface area contributed by atoms with Crippen molar-refractivity contribution in [1.29, 1.82) is 0 Å². The zero-order valence-electron chi connectivity index (χ0n) is 12.1. The van der Waals surface area contributed by atoms with Crippen LogP contribution >= 0.6 is 0 Å². The molecule has 0 aliphatic carbocycles. The lowest BCUT2D eigenvalue weighted by molar-refractivity contribution is 0.0932. The molecule has 2 rings (SSSR count). The predicted octanol–water partition coefficient (Wildman–Crippen LogP) is 2.13. The largest absolute Gasteiger partial charge is 0.341 e. The van der Waals surface area contributed by atoms with Crippen LogP contribution in [0.1, 0.15) is 53.4 Å². The number of aromatic nitrogens is 3. The minimum atomic E-state index is -0.330. The summed E-state index contributed by atoms with van der Waals surface area (Å²) in [6.45, 7) is 7.48. The number of carbonyl (C=O) groups excluding carboxylic acids is 1. The van der Waals surface area contributed by atoms with Gasteiger partial charge in [0.2, 0.25) is 5.89 Å². The van der Waals surface area contributed by atoms with E-state index in [-0.39, 0.29) is 11.9 Å². The summed E-state index contributed by atoms with van der Waals surface area (Å²) in [6, 6.07) is 3.17. The number of nitrogens with one attached hydrogen (secondary N) is 1. The Labute approximate surface area is 117 Å². The number of hydrogen-bond acceptors (Lipinski definition) is 5. The Bertz CT molecular complexity index is 601. The third kappa shape index (κ3) is 3.20. The van der Waals surface area contributed by atoms with E-state index in [1.54, 1.807) is 12.1 Å². The highest BCUT2D eigenvalue weighted by molar-refractivity contribution is 5.94. The molecular weight excluding hydrogens is 256 g/mol. The molecular formula is C14H18N4O2. The Morgan fingerprint density at radius 3 is 2.50 bits per heavy atom. The summed E-state index contributed by atoms with van der Waals surface area (Å²) in [4.78, 5) is 20.6. The standard InChI is InChI=1S/C14H18N4O2/c1-5-12-17-14(20-18-12)10(4)16-13(19)11-6-8(2)15-9(3)7-11/h6-7,10H,5H2,1-4H3,(H,16,19)/t10-/m0/s1. The molecule has 106 valence electrons. The van der Waals surface area contributed by atoms with Crippen molar-refractivity contribution in [2.75, 3.05) is 0 Å². The fraction of sp³-hybridized carbons (Fsp3) is 0.429. The van der Waals surface area contributed by atoms with E-state index in [2.05, 4.69) is 20.4 Å². The van der Waals surface area contributed by atoms with Gasteiger partial charge in [-0.3, -0.25) is 9.78 Å². The smallest absolute Gasteiger partial charge is 0.252 e. The summed E-state index contributed by atoms with van der Waals surface area (Å²) in [5.41, 5.74) is 2.21. The van der Waals surface area contributed by atoms with Crippen LogP contribution in [0.15, 0.2) is 16.7 Å². The molecule has 2 heterocycles. The second-order valence-electron chi connectivity index (χ2n) is 4.74. The monoisotopic (exact) mass is 274 g/mol. The molecule has 6 nitrogen and oxygen atoms in total. The Morgan fingerprint density at radius 2 is 1.95 bits per heavy atom. The van der Waals surface area contributed by atoms with Crippen molar-refractivity contribution < 1.29 is 9.32 Å². The van der Waals surface area contributed by atoms with Gasteiger partial charge in [-0.05, 0) is 32.9 Å². The predicted molar refractivity (Wildman–Crippen MR) is 73.3 cm³/mol. The third-order valence-corrected chi connectivity index (χ3v) is 2.86. The van der Waals surface area contributed by atoms with Crippen molar-refractivity contribution in [2.24, 2.45) is 0 Å². The lowest BCUT2D eigenvalue weighted by Gasteiger charge is -2.10. The number of carbonyl (C=O) groups is 1. The summed E-state index contributed by atoms with van der Waals surface area (Å²) < 4.78 is 5.11. The van der Waals surface area contributed by atoms with Gasteiger partial charge in [0.25, 0.3) is 5.91 Å². The molecule has 0 saturated carbocycles. The second kappa shape index (κ2) is 5.81. The molecule has 0 fully saturated rings. The van der Waals surface area contributed by atoms with E-state index in [1.807, 2.05) is 27.7 Å². The molecule has 0 radical (unpaired) electrons. The molecule has 0 spiro atoms. The molecule has 2 aromatic heterocycles. The second-order valence-corrected chi connectivity index (χ2v) is 4.74. The van der Waals surface area contributed by atoms with E-state index in [1.165, 1.54) is 0 Å². The first-order valence-electron chi connectivity index (χ1n) is 6.58. The van der Waals surface area contributed by atoms with Crippen molar-refractivity contribution in [3.05, 3.63) is 40.8 Å². The Morgan fingerprint density at radius 1 is 1.30 bits per heavy atom. The zero-order valence-corrected chi connectivity index (χ0v) is 12.1. The summed E-state index contributed by atoms with van der Waals surface area (Å²) in [7, 11) is 0.